The number of carbonyl (C=O) groups excluding carboxylic acids is 1. The molecular weight excluding hydrogens is 429 g/mol. The summed E-state index contributed by atoms with van der Waals surface area (Å²) in [7, 11) is 0. The average Bonchev–Trinajstić information content (AvgIpc) is 2.87. The van der Waals surface area contributed by atoms with E-state index in [9.17, 15) is 14.4 Å². The molecule has 1 aliphatic rings. The van der Waals surface area contributed by atoms with Gasteiger partial charge in [0.1, 0.15) is 17.9 Å². The minimum absolute atomic E-state index is 0.129. The van der Waals surface area contributed by atoms with E-state index in [0.717, 1.165) is 56.1 Å². The van der Waals surface area contributed by atoms with Crippen molar-refractivity contribution in [1.29, 1.82) is 5.26 Å². The molecule has 3 rings (SSSR count). The number of carbonyl (C=O) groups is 1. The van der Waals surface area contributed by atoms with Gasteiger partial charge in [0.25, 0.3) is 0 Å². The Labute approximate surface area is 203 Å². The zero-order valence-corrected chi connectivity index (χ0v) is 20.4. The van der Waals surface area contributed by atoms with E-state index in [2.05, 4.69) is 30.3 Å². The lowest BCUT2D eigenvalue weighted by Crippen LogP contribution is -2.29. The van der Waals surface area contributed by atoms with E-state index in [1.807, 2.05) is 32.0 Å². The number of unbranched alkanes of at least 4 members (excludes halogenated alkanes) is 1. The summed E-state index contributed by atoms with van der Waals surface area (Å²) in [5.41, 5.74) is 3.92. The quantitative estimate of drug-likeness (QED) is 0.330. The number of hydrogen-bond acceptors (Lipinski definition) is 4. The molecule has 182 valence electrons. The highest BCUT2D eigenvalue weighted by molar-refractivity contribution is 5.74. The van der Waals surface area contributed by atoms with Gasteiger partial charge in [0, 0.05) is 0 Å². The maximum Gasteiger partial charge on any atom is 0.340 e. The third-order valence-electron chi connectivity index (χ3n) is 6.67. The van der Waals surface area contributed by atoms with Crippen LogP contribution in [0.15, 0.2) is 42.5 Å². The number of halogens is 1. The molecule has 5 heteroatoms. The Morgan fingerprint density at radius 1 is 1.09 bits per heavy atom. The Kier molecular flexibility index (Phi) is 9.94. The van der Waals surface area contributed by atoms with Crippen LogP contribution in [0, 0.1) is 17.2 Å². The molecule has 0 amide bonds. The van der Waals surface area contributed by atoms with Gasteiger partial charge in [0.15, 0.2) is 6.17 Å². The van der Waals surface area contributed by atoms with Crippen molar-refractivity contribution in [2.75, 3.05) is 6.61 Å². The van der Waals surface area contributed by atoms with Crippen LogP contribution in [0.5, 0.6) is 5.75 Å². The second-order valence-corrected chi connectivity index (χ2v) is 9.18. The molecule has 0 saturated heterocycles. The largest absolute Gasteiger partial charge is 0.492 e. The van der Waals surface area contributed by atoms with Crippen molar-refractivity contribution in [3.05, 3.63) is 53.6 Å². The van der Waals surface area contributed by atoms with Gasteiger partial charge >= 0.3 is 5.97 Å². The summed E-state index contributed by atoms with van der Waals surface area (Å²) in [6.07, 6.45) is 6.05. The van der Waals surface area contributed by atoms with Gasteiger partial charge in [-0.15, -0.1) is 0 Å². The number of rotatable bonds is 11. The number of nitrogens with zero attached hydrogens (tertiary/aromatic N) is 1. The molecule has 0 radical (unpaired) electrons. The van der Waals surface area contributed by atoms with Crippen molar-refractivity contribution in [3.63, 3.8) is 0 Å². The third-order valence-corrected chi connectivity index (χ3v) is 6.67. The number of ether oxygens (including phenoxy) is 2. The van der Waals surface area contributed by atoms with Crippen molar-refractivity contribution in [3.8, 4) is 22.9 Å². The lowest BCUT2D eigenvalue weighted by molar-refractivity contribution is -0.157. The van der Waals surface area contributed by atoms with E-state index < -0.39 is 12.1 Å². The molecule has 4 nitrogen and oxygen atoms in total. The fourth-order valence-electron chi connectivity index (χ4n) is 4.59. The Morgan fingerprint density at radius 2 is 1.79 bits per heavy atom. The van der Waals surface area contributed by atoms with Crippen LogP contribution in [0.2, 0.25) is 0 Å². The van der Waals surface area contributed by atoms with Crippen LogP contribution in [0.3, 0.4) is 0 Å². The number of benzene rings is 2. The normalized spacial score (nSPS) is 18.6. The lowest BCUT2D eigenvalue weighted by atomic mass is 9.83. The summed E-state index contributed by atoms with van der Waals surface area (Å²) in [5, 5.41) is 9.40. The molecule has 2 aromatic rings. The van der Waals surface area contributed by atoms with E-state index >= 15 is 0 Å². The van der Waals surface area contributed by atoms with E-state index in [0.29, 0.717) is 30.3 Å². The predicted octanol–water partition coefficient (Wildman–Crippen LogP) is 7.19. The molecule has 0 N–H and O–H groups in total. The minimum Gasteiger partial charge on any atom is -0.492 e. The van der Waals surface area contributed by atoms with Crippen LogP contribution in [0.4, 0.5) is 4.39 Å². The Balaban J connectivity index is 1.45. The average molecular weight is 466 g/mol. The molecule has 0 aromatic heterocycles. The highest BCUT2D eigenvalue weighted by atomic mass is 19.1. The standard InChI is InChI=1S/C29H36FNO3/c1-3-5-6-27(30)29(32)34-26-16-11-22(12-17-26)8-7-21-9-13-23(14-10-21)24-15-18-28(33-4-2)25(19-24)20-31/h9-10,13-15,18-19,22,26-27H,3-8,11-12,16-17H2,1-2H3/t22?,26?,27-/m0/s1. The van der Waals surface area contributed by atoms with Gasteiger partial charge in [0.05, 0.1) is 12.2 Å². The Bertz CT molecular complexity index is 958. The smallest absolute Gasteiger partial charge is 0.340 e. The summed E-state index contributed by atoms with van der Waals surface area (Å²) in [6, 6.07) is 16.5. The first-order chi connectivity index (χ1) is 16.5. The van der Waals surface area contributed by atoms with Crippen LogP contribution in [0.1, 0.15) is 76.3 Å². The van der Waals surface area contributed by atoms with E-state index in [1.54, 1.807) is 0 Å². The van der Waals surface area contributed by atoms with Gasteiger partial charge in [-0.1, -0.05) is 50.1 Å². The number of esters is 1. The Hall–Kier alpha value is -2.87. The fourth-order valence-corrected chi connectivity index (χ4v) is 4.59. The lowest BCUT2D eigenvalue weighted by Gasteiger charge is -2.28. The first kappa shape index (κ1) is 25.7. The molecule has 1 saturated carbocycles. The molecule has 0 spiro atoms. The van der Waals surface area contributed by atoms with Crippen LogP contribution in [-0.2, 0) is 16.0 Å². The topological polar surface area (TPSA) is 59.3 Å². The number of aryl methyl sites for hydroxylation is 1. The zero-order chi connectivity index (χ0) is 24.3. The Morgan fingerprint density at radius 3 is 2.44 bits per heavy atom. The molecule has 1 atom stereocenters. The predicted molar refractivity (Wildman–Crippen MR) is 132 cm³/mol. The van der Waals surface area contributed by atoms with Gasteiger partial charge in [-0.25, -0.2) is 9.18 Å². The monoisotopic (exact) mass is 465 g/mol. The van der Waals surface area contributed by atoms with Crippen LogP contribution >= 0.6 is 0 Å². The molecule has 0 heterocycles. The minimum atomic E-state index is -1.48. The third kappa shape index (κ3) is 7.32. The van der Waals surface area contributed by atoms with Crippen LogP contribution in [-0.4, -0.2) is 24.9 Å². The zero-order valence-electron chi connectivity index (χ0n) is 20.4. The molecular formula is C29H36FNO3. The SMILES string of the molecule is CCCC[C@H](F)C(=O)OC1CCC(CCc2ccc(-c3ccc(OCC)c(C#N)c3)cc2)CC1. The molecule has 1 fully saturated rings. The van der Waals surface area contributed by atoms with Crippen molar-refractivity contribution < 1.29 is 18.7 Å². The summed E-state index contributed by atoms with van der Waals surface area (Å²) >= 11 is 0. The summed E-state index contributed by atoms with van der Waals surface area (Å²) < 4.78 is 24.8. The van der Waals surface area contributed by atoms with E-state index in [4.69, 9.17) is 9.47 Å². The van der Waals surface area contributed by atoms with Crippen LogP contribution in [0.25, 0.3) is 11.1 Å². The maximum absolute atomic E-state index is 13.9. The van der Waals surface area contributed by atoms with Gasteiger partial charge in [-0.2, -0.15) is 5.26 Å². The van der Waals surface area contributed by atoms with Gasteiger partial charge < -0.3 is 9.47 Å². The van der Waals surface area contributed by atoms with Crippen molar-refractivity contribution in [2.45, 2.75) is 83.9 Å². The van der Waals surface area contributed by atoms with E-state index in [1.165, 1.54) is 5.56 Å². The molecule has 0 aliphatic heterocycles. The van der Waals surface area contributed by atoms with E-state index in [-0.39, 0.29) is 12.5 Å². The van der Waals surface area contributed by atoms with Crippen molar-refractivity contribution >= 4 is 5.97 Å². The van der Waals surface area contributed by atoms with Crippen molar-refractivity contribution in [1.82, 2.24) is 0 Å². The van der Waals surface area contributed by atoms with Gasteiger partial charge in [0.2, 0.25) is 0 Å². The second-order valence-electron chi connectivity index (χ2n) is 9.18. The first-order valence-electron chi connectivity index (χ1n) is 12.6. The van der Waals surface area contributed by atoms with Gasteiger partial charge in [-0.05, 0) is 86.6 Å². The first-order valence-corrected chi connectivity index (χ1v) is 12.6. The fraction of sp³-hybridized carbons (Fsp3) is 0.517. The molecule has 0 bridgehead atoms. The number of alkyl halides is 1. The van der Waals surface area contributed by atoms with Crippen LogP contribution < -0.4 is 4.74 Å². The molecule has 2 aromatic carbocycles. The molecule has 1 aliphatic carbocycles. The maximum atomic E-state index is 13.9. The van der Waals surface area contributed by atoms with Gasteiger partial charge in [-0.3, -0.25) is 0 Å². The highest BCUT2D eigenvalue weighted by Gasteiger charge is 2.27. The van der Waals surface area contributed by atoms with Crippen molar-refractivity contribution in [2.24, 2.45) is 5.92 Å². The highest BCUT2D eigenvalue weighted by Crippen LogP contribution is 2.31. The summed E-state index contributed by atoms with van der Waals surface area (Å²) in [6.45, 7) is 4.43. The number of nitriles is 1. The molecule has 34 heavy (non-hydrogen) atoms. The second kappa shape index (κ2) is 13.1. The number of hydrogen-bond donors (Lipinski definition) is 0. The summed E-state index contributed by atoms with van der Waals surface area (Å²) in [5.74, 6) is 0.558. The molecule has 0 unspecified atom stereocenters. The summed E-state index contributed by atoms with van der Waals surface area (Å²) in [4.78, 5) is 11.9.